The molecule has 1 aromatic carbocycles. The fraction of sp³-hybridized carbons (Fsp3) is 0.389. The Labute approximate surface area is 166 Å². The Balaban J connectivity index is 1.59. The summed E-state index contributed by atoms with van der Waals surface area (Å²) in [5, 5.41) is 2.65. The molecule has 152 valence electrons. The van der Waals surface area contributed by atoms with E-state index in [4.69, 9.17) is 0 Å². The number of halogens is 2. The number of carbonyl (C=O) groups is 1. The average molecular weight is 430 g/mol. The zero-order valence-corrected chi connectivity index (χ0v) is 16.6. The summed E-state index contributed by atoms with van der Waals surface area (Å²) in [6.07, 6.45) is 2.79. The lowest BCUT2D eigenvalue weighted by atomic mass is 10.2. The molecular weight excluding hydrogens is 410 g/mol. The fourth-order valence-corrected chi connectivity index (χ4v) is 5.93. The van der Waals surface area contributed by atoms with E-state index in [2.05, 4.69) is 10.1 Å². The maximum atomic E-state index is 12.7. The standard InChI is InChI=1S/C18H20F2N2O4S2/c19-18(20)26-14-6-4-13(5-7-14)21-16(23)12-15-8-9-17(27-15)28(24,25)22-10-2-1-3-11-22/h4-9,18H,1-3,10-12H2,(H,21,23). The first-order valence-electron chi connectivity index (χ1n) is 8.78. The molecule has 0 radical (unpaired) electrons. The highest BCUT2D eigenvalue weighted by Gasteiger charge is 2.27. The normalized spacial score (nSPS) is 15.5. The van der Waals surface area contributed by atoms with Gasteiger partial charge in [0.1, 0.15) is 9.96 Å². The molecule has 0 aliphatic carbocycles. The Morgan fingerprint density at radius 3 is 2.43 bits per heavy atom. The highest BCUT2D eigenvalue weighted by molar-refractivity contribution is 7.91. The first-order valence-corrected chi connectivity index (χ1v) is 11.0. The van der Waals surface area contributed by atoms with Crippen molar-refractivity contribution in [3.8, 4) is 5.75 Å². The Morgan fingerprint density at radius 1 is 1.11 bits per heavy atom. The monoisotopic (exact) mass is 430 g/mol. The maximum Gasteiger partial charge on any atom is 0.387 e. The second-order valence-electron chi connectivity index (χ2n) is 6.31. The van der Waals surface area contributed by atoms with Gasteiger partial charge in [-0.05, 0) is 49.2 Å². The van der Waals surface area contributed by atoms with Gasteiger partial charge in [-0.15, -0.1) is 11.3 Å². The van der Waals surface area contributed by atoms with Crippen LogP contribution in [-0.2, 0) is 21.2 Å². The molecule has 1 aliphatic heterocycles. The van der Waals surface area contributed by atoms with E-state index in [1.54, 1.807) is 6.07 Å². The van der Waals surface area contributed by atoms with Gasteiger partial charge in [0.25, 0.3) is 10.0 Å². The van der Waals surface area contributed by atoms with Crippen molar-refractivity contribution in [2.75, 3.05) is 18.4 Å². The van der Waals surface area contributed by atoms with Crippen LogP contribution >= 0.6 is 11.3 Å². The van der Waals surface area contributed by atoms with Crippen LogP contribution < -0.4 is 10.1 Å². The van der Waals surface area contributed by atoms with Crippen LogP contribution in [0, 0.1) is 0 Å². The molecule has 10 heteroatoms. The Hall–Kier alpha value is -2.04. The van der Waals surface area contributed by atoms with Gasteiger partial charge >= 0.3 is 6.61 Å². The van der Waals surface area contributed by atoms with Gasteiger partial charge in [0.15, 0.2) is 0 Å². The zero-order valence-electron chi connectivity index (χ0n) is 14.9. The number of hydrogen-bond donors (Lipinski definition) is 1. The number of piperidine rings is 1. The molecular formula is C18H20F2N2O4S2. The first-order chi connectivity index (χ1) is 13.3. The van der Waals surface area contributed by atoms with Crippen LogP contribution in [0.3, 0.4) is 0 Å². The number of thiophene rings is 1. The predicted molar refractivity (Wildman–Crippen MR) is 102 cm³/mol. The van der Waals surface area contributed by atoms with E-state index >= 15 is 0 Å². The lowest BCUT2D eigenvalue weighted by molar-refractivity contribution is -0.115. The van der Waals surface area contributed by atoms with Crippen LogP contribution in [0.25, 0.3) is 0 Å². The largest absolute Gasteiger partial charge is 0.435 e. The Kier molecular flexibility index (Phi) is 6.63. The Morgan fingerprint density at radius 2 is 1.79 bits per heavy atom. The molecule has 0 saturated carbocycles. The Bertz CT molecular complexity index is 908. The molecule has 2 aromatic rings. The molecule has 28 heavy (non-hydrogen) atoms. The zero-order chi connectivity index (χ0) is 20.1. The molecule has 1 amide bonds. The number of sulfonamides is 1. The summed E-state index contributed by atoms with van der Waals surface area (Å²) in [5.74, 6) is -0.329. The number of anilines is 1. The van der Waals surface area contributed by atoms with Crippen molar-refractivity contribution in [1.82, 2.24) is 4.31 Å². The van der Waals surface area contributed by atoms with Crippen LogP contribution in [0.4, 0.5) is 14.5 Å². The minimum absolute atomic E-state index is 0.00110. The lowest BCUT2D eigenvalue weighted by Gasteiger charge is -2.25. The van der Waals surface area contributed by atoms with Crippen molar-refractivity contribution >= 4 is 33.0 Å². The molecule has 3 rings (SSSR count). The first kappa shape index (κ1) is 20.7. The summed E-state index contributed by atoms with van der Waals surface area (Å²) in [6, 6.07) is 8.74. The number of carbonyl (C=O) groups excluding carboxylic acids is 1. The van der Waals surface area contributed by atoms with Gasteiger partial charge in [0, 0.05) is 23.7 Å². The molecule has 1 aromatic heterocycles. The number of hydrogen-bond acceptors (Lipinski definition) is 5. The van der Waals surface area contributed by atoms with E-state index in [1.165, 1.54) is 34.6 Å². The number of rotatable bonds is 7. The van der Waals surface area contributed by atoms with E-state index in [0.29, 0.717) is 23.7 Å². The molecule has 0 atom stereocenters. The van der Waals surface area contributed by atoms with E-state index in [0.717, 1.165) is 30.6 Å². The van der Waals surface area contributed by atoms with Crippen LogP contribution in [0.5, 0.6) is 5.75 Å². The van der Waals surface area contributed by atoms with Gasteiger partial charge in [-0.2, -0.15) is 13.1 Å². The second-order valence-corrected chi connectivity index (χ2v) is 9.65. The van der Waals surface area contributed by atoms with Gasteiger partial charge < -0.3 is 10.1 Å². The highest BCUT2D eigenvalue weighted by atomic mass is 32.2. The molecule has 2 heterocycles. The summed E-state index contributed by atoms with van der Waals surface area (Å²) in [6.45, 7) is -1.85. The van der Waals surface area contributed by atoms with Crippen molar-refractivity contribution < 1.29 is 26.7 Å². The maximum absolute atomic E-state index is 12.7. The van der Waals surface area contributed by atoms with Gasteiger partial charge in [-0.25, -0.2) is 8.42 Å². The predicted octanol–water partition coefficient (Wildman–Crippen LogP) is 3.71. The average Bonchev–Trinajstić information content (AvgIpc) is 3.13. The van der Waals surface area contributed by atoms with Gasteiger partial charge in [-0.3, -0.25) is 4.79 Å². The minimum atomic E-state index is -3.51. The number of ether oxygens (including phenoxy) is 1. The molecule has 1 aliphatic rings. The number of amides is 1. The second kappa shape index (κ2) is 8.97. The summed E-state index contributed by atoms with van der Waals surface area (Å²) < 4.78 is 55.6. The number of benzene rings is 1. The molecule has 1 fully saturated rings. The van der Waals surface area contributed by atoms with Gasteiger partial charge in [0.05, 0.1) is 6.42 Å². The smallest absolute Gasteiger partial charge is 0.387 e. The fourth-order valence-electron chi connectivity index (χ4n) is 2.91. The van der Waals surface area contributed by atoms with Crippen molar-refractivity contribution in [2.24, 2.45) is 0 Å². The van der Waals surface area contributed by atoms with Crippen LogP contribution in [0.1, 0.15) is 24.1 Å². The van der Waals surface area contributed by atoms with Crippen LogP contribution in [-0.4, -0.2) is 38.3 Å². The SMILES string of the molecule is O=C(Cc1ccc(S(=O)(=O)N2CCCCC2)s1)Nc1ccc(OC(F)F)cc1. The molecule has 6 nitrogen and oxygen atoms in total. The number of nitrogens with one attached hydrogen (secondary N) is 1. The molecule has 1 N–H and O–H groups in total. The van der Waals surface area contributed by atoms with Crippen molar-refractivity contribution in [1.29, 1.82) is 0 Å². The minimum Gasteiger partial charge on any atom is -0.435 e. The number of alkyl halides is 2. The molecule has 0 spiro atoms. The molecule has 1 saturated heterocycles. The molecule has 0 bridgehead atoms. The van der Waals surface area contributed by atoms with E-state index in [1.807, 2.05) is 0 Å². The third-order valence-electron chi connectivity index (χ3n) is 4.24. The van der Waals surface area contributed by atoms with Gasteiger partial charge in [-0.1, -0.05) is 6.42 Å². The summed E-state index contributed by atoms with van der Waals surface area (Å²) in [5.41, 5.74) is 0.435. The molecule has 0 unspecified atom stereocenters. The third-order valence-corrected chi connectivity index (χ3v) is 7.70. The van der Waals surface area contributed by atoms with Crippen molar-refractivity contribution in [3.05, 3.63) is 41.3 Å². The van der Waals surface area contributed by atoms with Gasteiger partial charge in [0.2, 0.25) is 5.91 Å². The van der Waals surface area contributed by atoms with Crippen LogP contribution in [0.2, 0.25) is 0 Å². The number of nitrogens with zero attached hydrogens (tertiary/aromatic N) is 1. The summed E-state index contributed by atoms with van der Waals surface area (Å²) in [7, 11) is -3.51. The van der Waals surface area contributed by atoms with E-state index in [-0.39, 0.29) is 22.3 Å². The lowest BCUT2D eigenvalue weighted by Crippen LogP contribution is -2.35. The van der Waals surface area contributed by atoms with Crippen LogP contribution in [0.15, 0.2) is 40.6 Å². The topological polar surface area (TPSA) is 75.7 Å². The summed E-state index contributed by atoms with van der Waals surface area (Å²) >= 11 is 1.09. The van der Waals surface area contributed by atoms with E-state index in [9.17, 15) is 22.0 Å². The van der Waals surface area contributed by atoms with E-state index < -0.39 is 16.6 Å². The summed E-state index contributed by atoms with van der Waals surface area (Å²) in [4.78, 5) is 12.8. The quantitative estimate of drug-likeness (QED) is 0.727. The third kappa shape index (κ3) is 5.27. The van der Waals surface area contributed by atoms with Crippen molar-refractivity contribution in [3.63, 3.8) is 0 Å². The van der Waals surface area contributed by atoms with Crippen molar-refractivity contribution in [2.45, 2.75) is 36.5 Å². The highest BCUT2D eigenvalue weighted by Crippen LogP contribution is 2.27.